The molecule has 0 unspecified atom stereocenters. The Bertz CT molecular complexity index is 318. The highest BCUT2D eigenvalue weighted by atomic mass is 32.2. The Hall–Kier alpha value is -0.620. The molecule has 0 aromatic carbocycles. The molecule has 14 heavy (non-hydrogen) atoms. The SMILES string of the molecule is CCS(=O)(=O)NC1(CC(=O)O)CCC1. The lowest BCUT2D eigenvalue weighted by Gasteiger charge is -2.40. The van der Waals surface area contributed by atoms with E-state index in [2.05, 4.69) is 4.72 Å². The van der Waals surface area contributed by atoms with Crippen LogP contribution in [-0.4, -0.2) is 30.8 Å². The summed E-state index contributed by atoms with van der Waals surface area (Å²) in [6, 6.07) is 0. The zero-order valence-electron chi connectivity index (χ0n) is 8.12. The number of hydrogen-bond acceptors (Lipinski definition) is 3. The fourth-order valence-electron chi connectivity index (χ4n) is 1.61. The van der Waals surface area contributed by atoms with Crippen LogP contribution in [0, 0.1) is 0 Å². The van der Waals surface area contributed by atoms with Gasteiger partial charge < -0.3 is 5.11 Å². The average Bonchev–Trinajstić information content (AvgIpc) is 1.99. The predicted molar refractivity (Wildman–Crippen MR) is 51.4 cm³/mol. The van der Waals surface area contributed by atoms with Crippen molar-refractivity contribution in [1.82, 2.24) is 4.72 Å². The third-order valence-electron chi connectivity index (χ3n) is 2.55. The van der Waals surface area contributed by atoms with E-state index < -0.39 is 21.5 Å². The lowest BCUT2D eigenvalue weighted by Crippen LogP contribution is -2.54. The van der Waals surface area contributed by atoms with E-state index >= 15 is 0 Å². The summed E-state index contributed by atoms with van der Waals surface area (Å²) in [5.74, 6) is -0.961. The molecule has 2 N–H and O–H groups in total. The molecule has 0 amide bonds. The first-order valence-corrected chi connectivity index (χ1v) is 6.28. The maximum absolute atomic E-state index is 11.3. The van der Waals surface area contributed by atoms with Crippen LogP contribution in [0.2, 0.25) is 0 Å². The quantitative estimate of drug-likeness (QED) is 0.700. The molecule has 0 radical (unpaired) electrons. The minimum atomic E-state index is -3.30. The molecule has 0 bridgehead atoms. The van der Waals surface area contributed by atoms with E-state index in [1.54, 1.807) is 0 Å². The Kier molecular flexibility index (Phi) is 3.16. The van der Waals surface area contributed by atoms with E-state index in [-0.39, 0.29) is 12.2 Å². The number of carboxylic acids is 1. The Labute approximate surface area is 83.6 Å². The largest absolute Gasteiger partial charge is 0.481 e. The van der Waals surface area contributed by atoms with E-state index in [9.17, 15) is 13.2 Å². The number of hydrogen-bond donors (Lipinski definition) is 2. The number of nitrogens with one attached hydrogen (secondary N) is 1. The summed E-state index contributed by atoms with van der Waals surface area (Å²) in [5, 5.41) is 8.65. The van der Waals surface area contributed by atoms with Gasteiger partial charge in [-0.25, -0.2) is 13.1 Å². The third kappa shape index (κ3) is 2.68. The molecule has 1 aliphatic rings. The fraction of sp³-hybridized carbons (Fsp3) is 0.875. The summed E-state index contributed by atoms with van der Waals surface area (Å²) in [4.78, 5) is 10.5. The van der Waals surface area contributed by atoms with Gasteiger partial charge in [-0.2, -0.15) is 0 Å². The third-order valence-corrected chi connectivity index (χ3v) is 4.06. The normalized spacial score (nSPS) is 20.1. The highest BCUT2D eigenvalue weighted by Gasteiger charge is 2.41. The van der Waals surface area contributed by atoms with Crippen molar-refractivity contribution in [3.05, 3.63) is 0 Å². The summed E-state index contributed by atoms with van der Waals surface area (Å²) >= 11 is 0. The molecule has 0 aromatic rings. The van der Waals surface area contributed by atoms with Crippen LogP contribution in [-0.2, 0) is 14.8 Å². The minimum Gasteiger partial charge on any atom is -0.481 e. The first-order chi connectivity index (χ1) is 6.39. The van der Waals surface area contributed by atoms with E-state index in [1.807, 2.05) is 0 Å². The van der Waals surface area contributed by atoms with Gasteiger partial charge in [0.2, 0.25) is 10.0 Å². The molecule has 0 atom stereocenters. The van der Waals surface area contributed by atoms with Crippen molar-refractivity contribution in [2.75, 3.05) is 5.75 Å². The van der Waals surface area contributed by atoms with Crippen LogP contribution in [0.4, 0.5) is 0 Å². The van der Waals surface area contributed by atoms with Crippen LogP contribution in [0.3, 0.4) is 0 Å². The topological polar surface area (TPSA) is 83.5 Å². The molecule has 6 heteroatoms. The van der Waals surface area contributed by atoms with Gasteiger partial charge in [0.1, 0.15) is 0 Å². The number of carbonyl (C=O) groups is 1. The summed E-state index contributed by atoms with van der Waals surface area (Å²) in [6.07, 6.45) is 2.02. The van der Waals surface area contributed by atoms with Crippen LogP contribution in [0.1, 0.15) is 32.6 Å². The number of rotatable bonds is 5. The second-order valence-electron chi connectivity index (χ2n) is 3.71. The predicted octanol–water partition coefficient (Wildman–Crippen LogP) is 0.323. The van der Waals surface area contributed by atoms with Gasteiger partial charge in [0, 0.05) is 5.54 Å². The minimum absolute atomic E-state index is 0.00559. The Morgan fingerprint density at radius 2 is 2.07 bits per heavy atom. The van der Waals surface area contributed by atoms with Crippen LogP contribution in [0.5, 0.6) is 0 Å². The summed E-state index contributed by atoms with van der Waals surface area (Å²) < 4.78 is 25.0. The fourth-order valence-corrected chi connectivity index (χ4v) is 2.69. The molecule has 0 aromatic heterocycles. The molecule has 82 valence electrons. The second-order valence-corrected chi connectivity index (χ2v) is 5.72. The van der Waals surface area contributed by atoms with Crippen molar-refractivity contribution < 1.29 is 18.3 Å². The summed E-state index contributed by atoms with van der Waals surface area (Å²) in [6.45, 7) is 1.54. The van der Waals surface area contributed by atoms with Crippen molar-refractivity contribution in [3.8, 4) is 0 Å². The van der Waals surface area contributed by atoms with Gasteiger partial charge in [-0.05, 0) is 26.2 Å². The molecular formula is C8H15NO4S. The maximum atomic E-state index is 11.3. The average molecular weight is 221 g/mol. The molecule has 5 nitrogen and oxygen atoms in total. The van der Waals surface area contributed by atoms with Gasteiger partial charge in [-0.15, -0.1) is 0 Å². The Morgan fingerprint density at radius 1 is 1.50 bits per heavy atom. The van der Waals surface area contributed by atoms with Gasteiger partial charge in [0.05, 0.1) is 12.2 Å². The lowest BCUT2D eigenvalue weighted by molar-refractivity contribution is -0.139. The maximum Gasteiger partial charge on any atom is 0.305 e. The van der Waals surface area contributed by atoms with E-state index in [1.165, 1.54) is 6.92 Å². The van der Waals surface area contributed by atoms with Crippen LogP contribution in [0.25, 0.3) is 0 Å². The zero-order valence-corrected chi connectivity index (χ0v) is 8.93. The molecule has 0 aliphatic heterocycles. The van der Waals surface area contributed by atoms with E-state index in [0.717, 1.165) is 6.42 Å². The summed E-state index contributed by atoms with van der Waals surface area (Å²) in [7, 11) is -3.30. The van der Waals surface area contributed by atoms with Gasteiger partial charge in [-0.1, -0.05) is 0 Å². The van der Waals surface area contributed by atoms with Gasteiger partial charge in [0.25, 0.3) is 0 Å². The molecule has 1 rings (SSSR count). The van der Waals surface area contributed by atoms with Crippen molar-refractivity contribution in [2.24, 2.45) is 0 Å². The van der Waals surface area contributed by atoms with Crippen LogP contribution in [0.15, 0.2) is 0 Å². The molecule has 0 saturated heterocycles. The van der Waals surface area contributed by atoms with Gasteiger partial charge >= 0.3 is 5.97 Å². The van der Waals surface area contributed by atoms with Crippen LogP contribution >= 0.6 is 0 Å². The number of aliphatic carboxylic acids is 1. The number of sulfonamides is 1. The lowest BCUT2D eigenvalue weighted by atomic mass is 9.75. The van der Waals surface area contributed by atoms with E-state index in [4.69, 9.17) is 5.11 Å². The van der Waals surface area contributed by atoms with Crippen molar-refractivity contribution in [1.29, 1.82) is 0 Å². The Morgan fingerprint density at radius 3 is 2.36 bits per heavy atom. The second kappa shape index (κ2) is 3.86. The van der Waals surface area contributed by atoms with Crippen molar-refractivity contribution >= 4 is 16.0 Å². The molecule has 0 spiro atoms. The smallest absolute Gasteiger partial charge is 0.305 e. The monoisotopic (exact) mass is 221 g/mol. The highest BCUT2D eigenvalue weighted by molar-refractivity contribution is 7.89. The number of carboxylic acid groups (broad SMARTS) is 1. The van der Waals surface area contributed by atoms with Crippen molar-refractivity contribution in [3.63, 3.8) is 0 Å². The summed E-state index contributed by atoms with van der Waals surface area (Å²) in [5.41, 5.74) is -0.708. The molecule has 0 heterocycles. The molecule has 1 aliphatic carbocycles. The van der Waals surface area contributed by atoms with Crippen LogP contribution < -0.4 is 4.72 Å². The van der Waals surface area contributed by atoms with Gasteiger partial charge in [0.15, 0.2) is 0 Å². The van der Waals surface area contributed by atoms with E-state index in [0.29, 0.717) is 12.8 Å². The Balaban J connectivity index is 2.67. The first-order valence-electron chi connectivity index (χ1n) is 4.63. The molecule has 1 fully saturated rings. The first kappa shape index (κ1) is 11.5. The molecular weight excluding hydrogens is 206 g/mol. The molecule has 1 saturated carbocycles. The highest BCUT2D eigenvalue weighted by Crippen LogP contribution is 2.35. The zero-order chi connectivity index (χ0) is 10.8. The van der Waals surface area contributed by atoms with Gasteiger partial charge in [-0.3, -0.25) is 4.79 Å². The standard InChI is InChI=1S/C8H15NO4S/c1-2-14(12,13)9-8(4-3-5-8)6-7(10)11/h9H,2-6H2,1H3,(H,10,11). The van der Waals surface area contributed by atoms with Crippen molar-refractivity contribution in [2.45, 2.75) is 38.1 Å².